The molecule has 0 aromatic heterocycles. The molecule has 0 aliphatic heterocycles. The molecule has 0 saturated carbocycles. The summed E-state index contributed by atoms with van der Waals surface area (Å²) in [6.45, 7) is 7.60. The van der Waals surface area contributed by atoms with Crippen molar-refractivity contribution in [3.8, 4) is 0 Å². The van der Waals surface area contributed by atoms with Crippen LogP contribution in [0.3, 0.4) is 0 Å². The van der Waals surface area contributed by atoms with Gasteiger partial charge < -0.3 is 4.43 Å². The first kappa shape index (κ1) is 14.5. The molecule has 110 valence electrons. The molecule has 0 bridgehead atoms. The van der Waals surface area contributed by atoms with Crippen LogP contribution < -0.4 is 0 Å². The maximum absolute atomic E-state index is 6.04. The lowest BCUT2D eigenvalue weighted by Gasteiger charge is -2.17. The minimum Gasteiger partial charge on any atom is -0.417 e. The first-order chi connectivity index (χ1) is 10.0. The highest BCUT2D eigenvalue weighted by Gasteiger charge is 2.26. The predicted octanol–water partition coefficient (Wildman–Crippen LogP) is 5.30. The zero-order valence-corrected chi connectivity index (χ0v) is 14.2. The summed E-state index contributed by atoms with van der Waals surface area (Å²) < 4.78 is 6.04. The van der Waals surface area contributed by atoms with Crippen molar-refractivity contribution in [3.63, 3.8) is 0 Å². The molecular formula is C19H24OSi. The molecule has 0 fully saturated rings. The normalized spacial score (nSPS) is 20.4. The second-order valence-corrected chi connectivity index (χ2v) is 11.4. The number of rotatable bonds is 5. The highest BCUT2D eigenvalue weighted by atomic mass is 28.4. The summed E-state index contributed by atoms with van der Waals surface area (Å²) in [4.78, 5) is 0. The van der Waals surface area contributed by atoms with Gasteiger partial charge in [0.15, 0.2) is 8.32 Å². The Morgan fingerprint density at radius 2 is 2.00 bits per heavy atom. The van der Waals surface area contributed by atoms with Gasteiger partial charge in [0.1, 0.15) is 0 Å². The van der Waals surface area contributed by atoms with Crippen molar-refractivity contribution >= 4 is 13.9 Å². The fourth-order valence-corrected chi connectivity index (χ4v) is 3.84. The molecule has 2 aliphatic rings. The van der Waals surface area contributed by atoms with Crippen LogP contribution in [0.5, 0.6) is 0 Å². The third-order valence-electron chi connectivity index (χ3n) is 4.12. The van der Waals surface area contributed by atoms with Crippen molar-refractivity contribution < 1.29 is 4.43 Å². The minimum absolute atomic E-state index is 0.470. The van der Waals surface area contributed by atoms with E-state index in [0.717, 1.165) is 19.4 Å². The molecule has 2 aliphatic carbocycles. The van der Waals surface area contributed by atoms with E-state index in [-0.39, 0.29) is 0 Å². The first-order valence-electron chi connectivity index (χ1n) is 7.84. The van der Waals surface area contributed by atoms with Crippen LogP contribution in [-0.4, -0.2) is 14.9 Å². The molecule has 0 spiro atoms. The summed E-state index contributed by atoms with van der Waals surface area (Å²) in [6, 6.07) is 8.85. The van der Waals surface area contributed by atoms with Gasteiger partial charge >= 0.3 is 0 Å². The van der Waals surface area contributed by atoms with Crippen molar-refractivity contribution in [2.24, 2.45) is 0 Å². The predicted molar refractivity (Wildman–Crippen MR) is 92.9 cm³/mol. The van der Waals surface area contributed by atoms with Crippen LogP contribution in [0.1, 0.15) is 29.9 Å². The Kier molecular flexibility index (Phi) is 4.00. The topological polar surface area (TPSA) is 9.23 Å². The van der Waals surface area contributed by atoms with Crippen LogP contribution in [-0.2, 0) is 4.43 Å². The molecule has 1 unspecified atom stereocenters. The highest BCUT2D eigenvalue weighted by molar-refractivity contribution is 6.69. The van der Waals surface area contributed by atoms with Gasteiger partial charge in [-0.1, -0.05) is 54.1 Å². The number of hydrogen-bond acceptors (Lipinski definition) is 1. The summed E-state index contributed by atoms with van der Waals surface area (Å²) >= 11 is 0. The smallest absolute Gasteiger partial charge is 0.183 e. The van der Waals surface area contributed by atoms with E-state index in [9.17, 15) is 0 Å². The summed E-state index contributed by atoms with van der Waals surface area (Å²) in [5, 5.41) is 0. The first-order valence-corrected chi connectivity index (χ1v) is 11.2. The lowest BCUT2D eigenvalue weighted by Crippen LogP contribution is -2.25. The molecule has 0 saturated heterocycles. The van der Waals surface area contributed by atoms with E-state index in [4.69, 9.17) is 4.43 Å². The monoisotopic (exact) mass is 296 g/mol. The number of fused-ring (bicyclic) bond motifs is 1. The fraction of sp³-hybridized carbons (Fsp3) is 0.368. The van der Waals surface area contributed by atoms with Crippen LogP contribution in [0.25, 0.3) is 5.57 Å². The van der Waals surface area contributed by atoms with Gasteiger partial charge in [-0.25, -0.2) is 0 Å². The van der Waals surface area contributed by atoms with E-state index in [1.165, 1.54) is 22.3 Å². The summed E-state index contributed by atoms with van der Waals surface area (Å²) in [7, 11) is -1.41. The van der Waals surface area contributed by atoms with Crippen molar-refractivity contribution in [2.75, 3.05) is 6.61 Å². The molecular weight excluding hydrogens is 272 g/mol. The van der Waals surface area contributed by atoms with E-state index >= 15 is 0 Å². The van der Waals surface area contributed by atoms with Crippen LogP contribution in [0, 0.1) is 0 Å². The average molecular weight is 296 g/mol. The number of benzene rings is 1. The number of allylic oxidation sites excluding steroid dienone is 5. The van der Waals surface area contributed by atoms with Crippen molar-refractivity contribution in [1.82, 2.24) is 0 Å². The standard InChI is InChI=1S/C19H24OSi/c1-21(2,3)20-13-12-16-14-19(15-8-4-5-9-15)18-11-7-6-10-17(16)18/h4-8,10-11,14,19H,9,12-13H2,1-3H3. The van der Waals surface area contributed by atoms with Crippen molar-refractivity contribution in [2.45, 2.75) is 38.4 Å². The van der Waals surface area contributed by atoms with Crippen molar-refractivity contribution in [3.05, 3.63) is 65.3 Å². The Hall–Kier alpha value is -1.38. The molecule has 0 radical (unpaired) electrons. The molecule has 3 rings (SSSR count). The third kappa shape index (κ3) is 3.28. The van der Waals surface area contributed by atoms with Crippen LogP contribution >= 0.6 is 0 Å². The maximum Gasteiger partial charge on any atom is 0.183 e. The SMILES string of the molecule is C[Si](C)(C)OCCC1=CC(C2=CC=CC2)c2ccccc21. The second kappa shape index (κ2) is 5.78. The van der Waals surface area contributed by atoms with Gasteiger partial charge in [0, 0.05) is 12.5 Å². The molecule has 0 amide bonds. The van der Waals surface area contributed by atoms with Gasteiger partial charge in [0.2, 0.25) is 0 Å². The largest absolute Gasteiger partial charge is 0.417 e. The molecule has 0 N–H and O–H groups in total. The minimum atomic E-state index is -1.41. The lowest BCUT2D eigenvalue weighted by molar-refractivity contribution is 0.321. The zero-order valence-electron chi connectivity index (χ0n) is 13.2. The van der Waals surface area contributed by atoms with Crippen molar-refractivity contribution in [1.29, 1.82) is 0 Å². The Balaban J connectivity index is 1.78. The zero-order chi connectivity index (χ0) is 14.9. The van der Waals surface area contributed by atoms with Gasteiger partial charge in [0.05, 0.1) is 0 Å². The number of hydrogen-bond donors (Lipinski definition) is 0. The second-order valence-electron chi connectivity index (χ2n) is 6.84. The molecule has 0 heterocycles. The van der Waals surface area contributed by atoms with Gasteiger partial charge in [-0.15, -0.1) is 0 Å². The molecule has 1 nitrogen and oxygen atoms in total. The van der Waals surface area contributed by atoms with E-state index in [1.807, 2.05) is 0 Å². The molecule has 21 heavy (non-hydrogen) atoms. The van der Waals surface area contributed by atoms with Crippen LogP contribution in [0.4, 0.5) is 0 Å². The van der Waals surface area contributed by atoms with Gasteiger partial charge in [0.25, 0.3) is 0 Å². The van der Waals surface area contributed by atoms with E-state index in [1.54, 1.807) is 0 Å². The Morgan fingerprint density at radius 3 is 2.71 bits per heavy atom. The molecule has 1 aromatic carbocycles. The Labute approximate surface area is 129 Å². The summed E-state index contributed by atoms with van der Waals surface area (Å²) in [5.41, 5.74) is 5.87. The fourth-order valence-electron chi connectivity index (χ4n) is 3.13. The highest BCUT2D eigenvalue weighted by Crippen LogP contribution is 2.43. The summed E-state index contributed by atoms with van der Waals surface area (Å²) in [5.74, 6) is 0.470. The van der Waals surface area contributed by atoms with Gasteiger partial charge in [-0.2, -0.15) is 0 Å². The third-order valence-corrected chi connectivity index (χ3v) is 5.19. The van der Waals surface area contributed by atoms with Crippen LogP contribution in [0.15, 0.2) is 54.1 Å². The summed E-state index contributed by atoms with van der Waals surface area (Å²) in [6.07, 6.45) is 11.3. The Bertz CT molecular complexity index is 617. The molecule has 2 heteroatoms. The average Bonchev–Trinajstić information content (AvgIpc) is 3.05. The van der Waals surface area contributed by atoms with Gasteiger partial charge in [-0.3, -0.25) is 0 Å². The Morgan fingerprint density at radius 1 is 1.19 bits per heavy atom. The van der Waals surface area contributed by atoms with E-state index in [0.29, 0.717) is 5.92 Å². The van der Waals surface area contributed by atoms with E-state index in [2.05, 4.69) is 68.2 Å². The van der Waals surface area contributed by atoms with E-state index < -0.39 is 8.32 Å². The van der Waals surface area contributed by atoms with Gasteiger partial charge in [-0.05, 0) is 49.2 Å². The molecule has 1 atom stereocenters. The van der Waals surface area contributed by atoms with Crippen LogP contribution in [0.2, 0.25) is 19.6 Å². The quantitative estimate of drug-likeness (QED) is 0.670. The molecule has 1 aromatic rings. The maximum atomic E-state index is 6.04. The lowest BCUT2D eigenvalue weighted by atomic mass is 9.92.